The van der Waals surface area contributed by atoms with Gasteiger partial charge in [-0.1, -0.05) is 168 Å². The Labute approximate surface area is 313 Å². The maximum absolute atomic E-state index is 14.7. The number of hydrogen-bond donors (Lipinski definition) is 0. The molecule has 6 aromatic carbocycles. The molecule has 0 aliphatic heterocycles. The minimum absolute atomic E-state index is 0.00273. The van der Waals surface area contributed by atoms with E-state index in [9.17, 15) is 26.3 Å². The molecule has 0 radical (unpaired) electrons. The topological polar surface area (TPSA) is 0 Å². The second kappa shape index (κ2) is 14.0. The summed E-state index contributed by atoms with van der Waals surface area (Å²) >= 11 is 0. The van der Waals surface area contributed by atoms with Crippen LogP contribution in [0.4, 0.5) is 26.3 Å². The zero-order valence-corrected chi connectivity index (χ0v) is 30.7. The first-order valence-corrected chi connectivity index (χ1v) is 18.3. The largest absolute Gasteiger partial charge is 0.402 e. The van der Waals surface area contributed by atoms with Crippen LogP contribution < -0.4 is 0 Å². The second-order valence-corrected chi connectivity index (χ2v) is 15.1. The molecule has 0 heterocycles. The summed E-state index contributed by atoms with van der Waals surface area (Å²) in [5, 5.41) is 0. The summed E-state index contributed by atoms with van der Waals surface area (Å²) in [6.45, 7) is 7.43. The number of halogens is 6. The van der Waals surface area contributed by atoms with Crippen molar-refractivity contribution in [2.75, 3.05) is 0 Å². The van der Waals surface area contributed by atoms with E-state index in [1.54, 1.807) is 48.5 Å². The minimum atomic E-state index is -4.38. The monoisotopic (exact) mass is 732 g/mol. The molecule has 6 aromatic rings. The van der Waals surface area contributed by atoms with Crippen LogP contribution in [0.15, 0.2) is 146 Å². The summed E-state index contributed by atoms with van der Waals surface area (Å²) in [6, 6.07) is 43.8. The van der Waals surface area contributed by atoms with Crippen LogP contribution in [0.5, 0.6) is 0 Å². The summed E-state index contributed by atoms with van der Waals surface area (Å²) < 4.78 is 88.4. The molecule has 0 spiro atoms. The van der Waals surface area contributed by atoms with Crippen molar-refractivity contribution in [2.24, 2.45) is 0 Å². The number of alkyl halides is 6. The number of rotatable bonds is 4. The Balaban J connectivity index is 0.000000167. The average molecular weight is 733 g/mol. The number of benzene rings is 6. The Morgan fingerprint density at radius 2 is 0.704 bits per heavy atom. The summed E-state index contributed by atoms with van der Waals surface area (Å²) in [4.78, 5) is 0. The van der Waals surface area contributed by atoms with Crippen molar-refractivity contribution in [3.8, 4) is 0 Å². The van der Waals surface area contributed by atoms with Gasteiger partial charge >= 0.3 is 12.4 Å². The van der Waals surface area contributed by atoms with Crippen molar-refractivity contribution < 1.29 is 26.3 Å². The molecule has 0 amide bonds. The molecule has 0 N–H and O–H groups in total. The van der Waals surface area contributed by atoms with Crippen LogP contribution in [0.1, 0.15) is 91.4 Å². The minimum Gasteiger partial charge on any atom is -0.170 e. The number of fused-ring (bicyclic) bond motifs is 2. The van der Waals surface area contributed by atoms with Gasteiger partial charge in [0.2, 0.25) is 0 Å². The second-order valence-electron chi connectivity index (χ2n) is 15.1. The van der Waals surface area contributed by atoms with Gasteiger partial charge in [-0.3, -0.25) is 0 Å². The molecule has 276 valence electrons. The van der Waals surface area contributed by atoms with Crippen molar-refractivity contribution in [2.45, 2.75) is 75.6 Å². The maximum Gasteiger partial charge on any atom is 0.402 e. The van der Waals surface area contributed by atoms with E-state index in [2.05, 4.69) is 0 Å². The first kappa shape index (κ1) is 37.2. The van der Waals surface area contributed by atoms with Gasteiger partial charge in [-0.25, -0.2) is 0 Å². The van der Waals surface area contributed by atoms with Crippen molar-refractivity contribution in [3.05, 3.63) is 212 Å². The molecule has 0 saturated heterocycles. The van der Waals surface area contributed by atoms with Crippen molar-refractivity contribution in [1.29, 1.82) is 0 Å². The highest BCUT2D eigenvalue weighted by Gasteiger charge is 2.63. The van der Waals surface area contributed by atoms with E-state index in [-0.39, 0.29) is 24.7 Å². The number of hydrogen-bond acceptors (Lipinski definition) is 0. The van der Waals surface area contributed by atoms with E-state index in [1.807, 2.05) is 125 Å². The quantitative estimate of drug-likeness (QED) is 0.158. The molecular formula is C48H42F6. The van der Waals surface area contributed by atoms with E-state index in [0.29, 0.717) is 22.3 Å². The molecule has 0 fully saturated rings. The van der Waals surface area contributed by atoms with Gasteiger partial charge < -0.3 is 0 Å². The fourth-order valence-electron chi connectivity index (χ4n) is 9.25. The third kappa shape index (κ3) is 6.33. The molecule has 2 aliphatic rings. The third-order valence-electron chi connectivity index (χ3n) is 11.4. The molecule has 0 unspecified atom stereocenters. The van der Waals surface area contributed by atoms with Crippen LogP contribution in [-0.2, 0) is 10.8 Å². The van der Waals surface area contributed by atoms with Gasteiger partial charge in [-0.05, 0) is 85.0 Å². The highest BCUT2D eigenvalue weighted by molar-refractivity contribution is 5.57. The van der Waals surface area contributed by atoms with E-state index in [4.69, 9.17) is 0 Å². The van der Waals surface area contributed by atoms with Crippen LogP contribution in [0.3, 0.4) is 0 Å². The standard InChI is InChI=1S/2C24H21F3/c2*1-16-12-17(2)14-19(13-16)23(24(25,26)27)15-21(18-8-4-3-5-9-18)20-10-6-7-11-22(20)23/h2*3-14,21H,15H2,1-2H3/t2*21-,23+/m11/s1. The van der Waals surface area contributed by atoms with Crippen molar-refractivity contribution in [1.82, 2.24) is 0 Å². The Morgan fingerprint density at radius 1 is 0.407 bits per heavy atom. The fourth-order valence-corrected chi connectivity index (χ4v) is 9.25. The molecule has 0 bridgehead atoms. The highest BCUT2D eigenvalue weighted by atomic mass is 19.4. The molecule has 6 heteroatoms. The lowest BCUT2D eigenvalue weighted by Gasteiger charge is -2.34. The normalized spacial score (nSPS) is 21.9. The van der Waals surface area contributed by atoms with Gasteiger partial charge in [-0.2, -0.15) is 26.3 Å². The Bertz CT molecular complexity index is 2070. The summed E-state index contributed by atoms with van der Waals surface area (Å²) in [5.74, 6) is -0.547. The third-order valence-corrected chi connectivity index (χ3v) is 11.4. The lowest BCUT2D eigenvalue weighted by molar-refractivity contribution is -0.178. The van der Waals surface area contributed by atoms with Crippen molar-refractivity contribution in [3.63, 3.8) is 0 Å². The van der Waals surface area contributed by atoms with Gasteiger partial charge in [0.15, 0.2) is 0 Å². The lowest BCUT2D eigenvalue weighted by atomic mass is 9.73. The molecule has 0 aromatic heterocycles. The van der Waals surface area contributed by atoms with E-state index < -0.39 is 23.2 Å². The van der Waals surface area contributed by atoms with Gasteiger partial charge in [0.1, 0.15) is 10.8 Å². The Kier molecular flexibility index (Phi) is 9.62. The number of aryl methyl sites for hydroxylation is 4. The van der Waals surface area contributed by atoms with Crippen LogP contribution in [0.2, 0.25) is 0 Å². The van der Waals surface area contributed by atoms with Crippen LogP contribution in [0.25, 0.3) is 0 Å². The SMILES string of the molecule is Cc1cc(C)cc([C@@]2(C(F)(F)F)C[C@H](c3ccccc3)c3ccccc32)c1.Cc1cc(C)cc([C@@]2(C(F)(F)F)C[C@H](c3ccccc3)c3ccccc32)c1. The van der Waals surface area contributed by atoms with E-state index in [0.717, 1.165) is 44.5 Å². The first-order valence-electron chi connectivity index (χ1n) is 18.3. The zero-order chi connectivity index (χ0) is 38.5. The molecule has 4 atom stereocenters. The first-order chi connectivity index (χ1) is 25.7. The molecule has 2 aliphatic carbocycles. The van der Waals surface area contributed by atoms with E-state index in [1.165, 1.54) is 0 Å². The van der Waals surface area contributed by atoms with Gasteiger partial charge in [0, 0.05) is 11.8 Å². The van der Waals surface area contributed by atoms with Crippen molar-refractivity contribution >= 4 is 0 Å². The van der Waals surface area contributed by atoms with Crippen LogP contribution in [-0.4, -0.2) is 12.4 Å². The molecular weight excluding hydrogens is 691 g/mol. The van der Waals surface area contributed by atoms with Crippen LogP contribution >= 0.6 is 0 Å². The van der Waals surface area contributed by atoms with Crippen LogP contribution in [0, 0.1) is 27.7 Å². The van der Waals surface area contributed by atoms with Gasteiger partial charge in [-0.15, -0.1) is 0 Å². The van der Waals surface area contributed by atoms with E-state index >= 15 is 0 Å². The molecule has 8 rings (SSSR count). The Morgan fingerprint density at radius 3 is 1.02 bits per heavy atom. The highest BCUT2D eigenvalue weighted by Crippen LogP contribution is 2.61. The van der Waals surface area contributed by atoms with Gasteiger partial charge in [0.25, 0.3) is 0 Å². The zero-order valence-electron chi connectivity index (χ0n) is 30.7. The summed E-state index contributed by atoms with van der Waals surface area (Å²) in [5.41, 5.74) is 4.33. The fraction of sp³-hybridized carbons (Fsp3) is 0.250. The molecule has 0 nitrogen and oxygen atoms in total. The molecule has 0 saturated carbocycles. The lowest BCUT2D eigenvalue weighted by Crippen LogP contribution is -2.42. The Hall–Kier alpha value is -5.10. The summed E-state index contributed by atoms with van der Waals surface area (Å²) in [7, 11) is 0. The smallest absolute Gasteiger partial charge is 0.170 e. The predicted molar refractivity (Wildman–Crippen MR) is 204 cm³/mol. The average Bonchev–Trinajstić information content (AvgIpc) is 3.68. The van der Waals surface area contributed by atoms with Gasteiger partial charge in [0.05, 0.1) is 0 Å². The summed E-state index contributed by atoms with van der Waals surface area (Å²) in [6.07, 6.45) is -8.76. The predicted octanol–water partition coefficient (Wildman–Crippen LogP) is 13.4. The molecule has 54 heavy (non-hydrogen) atoms. The maximum atomic E-state index is 14.7.